The number of hydrogen-bond acceptors (Lipinski definition) is 6. The minimum atomic E-state index is -4.67. The molecule has 0 atom stereocenters. The molecule has 1 aliphatic rings. The Morgan fingerprint density at radius 2 is 1.97 bits per heavy atom. The minimum absolute atomic E-state index is 0.0940. The van der Waals surface area contributed by atoms with Crippen LogP contribution in [0.2, 0.25) is 5.15 Å². The zero-order chi connectivity index (χ0) is 23.0. The van der Waals surface area contributed by atoms with Crippen LogP contribution < -0.4 is 4.90 Å². The average Bonchev–Trinajstić information content (AvgIpc) is 3.31. The number of nitro groups is 1. The number of carbonyl (C=O) groups is 1. The highest BCUT2D eigenvalue weighted by Gasteiger charge is 2.34. The molecule has 4 rings (SSSR count). The number of nitrogens with zero attached hydrogens (tertiary/aromatic N) is 5. The summed E-state index contributed by atoms with van der Waals surface area (Å²) in [5.41, 5.74) is -1.02. The topological polar surface area (TPSA) is 84.0 Å². The molecule has 0 N–H and O–H groups in total. The fraction of sp³-hybridized carbons (Fsp3) is 0.263. The van der Waals surface area contributed by atoms with E-state index in [4.69, 9.17) is 11.6 Å². The van der Waals surface area contributed by atoms with Gasteiger partial charge in [-0.25, -0.2) is 4.98 Å². The van der Waals surface area contributed by atoms with Crippen molar-refractivity contribution in [1.29, 1.82) is 0 Å². The number of nitro benzene ring substituents is 1. The van der Waals surface area contributed by atoms with Crippen molar-refractivity contribution >= 4 is 51.3 Å². The van der Waals surface area contributed by atoms with Crippen LogP contribution in [-0.2, 0) is 11.0 Å². The molecule has 13 heteroatoms. The van der Waals surface area contributed by atoms with Gasteiger partial charge < -0.3 is 9.80 Å². The number of fused-ring (bicyclic) bond motifs is 1. The molecule has 1 aromatic carbocycles. The van der Waals surface area contributed by atoms with Gasteiger partial charge in [-0.1, -0.05) is 11.6 Å². The lowest BCUT2D eigenvalue weighted by molar-refractivity contribution is -0.384. The van der Waals surface area contributed by atoms with Gasteiger partial charge in [-0.3, -0.25) is 19.3 Å². The Bertz CT molecular complexity index is 1210. The van der Waals surface area contributed by atoms with E-state index in [1.807, 2.05) is 5.38 Å². The fourth-order valence-electron chi connectivity index (χ4n) is 3.46. The number of aromatic nitrogens is 2. The third-order valence-corrected chi connectivity index (χ3v) is 6.10. The number of rotatable bonds is 4. The molecule has 0 aliphatic carbocycles. The third-order valence-electron chi connectivity index (χ3n) is 5.07. The van der Waals surface area contributed by atoms with Gasteiger partial charge in [0.15, 0.2) is 10.1 Å². The Labute approximate surface area is 188 Å². The van der Waals surface area contributed by atoms with Crippen molar-refractivity contribution in [2.24, 2.45) is 0 Å². The first-order valence-corrected chi connectivity index (χ1v) is 10.6. The summed E-state index contributed by atoms with van der Waals surface area (Å²) in [4.78, 5) is 31.1. The van der Waals surface area contributed by atoms with Crippen LogP contribution in [0.5, 0.6) is 0 Å². The molecule has 0 bridgehead atoms. The number of benzene rings is 1. The molecule has 3 aromatic rings. The molecule has 0 radical (unpaired) electrons. The van der Waals surface area contributed by atoms with Crippen LogP contribution in [0.4, 0.5) is 24.5 Å². The van der Waals surface area contributed by atoms with E-state index in [0.717, 1.165) is 12.1 Å². The van der Waals surface area contributed by atoms with Crippen molar-refractivity contribution < 1.29 is 22.9 Å². The van der Waals surface area contributed by atoms with Crippen molar-refractivity contribution in [2.75, 3.05) is 31.1 Å². The van der Waals surface area contributed by atoms with E-state index in [2.05, 4.69) is 4.98 Å². The zero-order valence-electron chi connectivity index (χ0n) is 16.3. The third kappa shape index (κ3) is 4.28. The number of anilines is 1. The van der Waals surface area contributed by atoms with Crippen LogP contribution in [0, 0.1) is 10.1 Å². The maximum Gasteiger partial charge on any atom is 0.416 e. The minimum Gasteiger partial charge on any atom is -0.362 e. The molecule has 1 amide bonds. The Morgan fingerprint density at radius 3 is 2.62 bits per heavy atom. The van der Waals surface area contributed by atoms with E-state index in [1.54, 1.807) is 26.5 Å². The van der Waals surface area contributed by atoms with Crippen molar-refractivity contribution in [3.8, 4) is 0 Å². The van der Waals surface area contributed by atoms with E-state index in [0.29, 0.717) is 16.7 Å². The number of imidazole rings is 1. The van der Waals surface area contributed by atoms with Gasteiger partial charge in [0.05, 0.1) is 16.2 Å². The van der Waals surface area contributed by atoms with Gasteiger partial charge in [0.25, 0.3) is 5.69 Å². The second-order valence-electron chi connectivity index (χ2n) is 6.95. The Hall–Kier alpha value is -3.12. The first-order chi connectivity index (χ1) is 15.1. The van der Waals surface area contributed by atoms with Crippen LogP contribution in [0.1, 0.15) is 11.3 Å². The summed E-state index contributed by atoms with van der Waals surface area (Å²) in [5, 5.41) is 13.5. The SMILES string of the molecule is O=C(/C=C/c1c(Cl)nc2sccn12)N1CCN(c2ccc(C(F)(F)F)cc2[N+](=O)[O-])CC1. The summed E-state index contributed by atoms with van der Waals surface area (Å²) in [6.07, 6.45) is 0.0697. The van der Waals surface area contributed by atoms with E-state index in [-0.39, 0.29) is 42.9 Å². The van der Waals surface area contributed by atoms with Crippen molar-refractivity contribution in [1.82, 2.24) is 14.3 Å². The molecule has 0 unspecified atom stereocenters. The van der Waals surface area contributed by atoms with E-state index >= 15 is 0 Å². The summed E-state index contributed by atoms with van der Waals surface area (Å²) in [7, 11) is 0. The second kappa shape index (κ2) is 8.43. The summed E-state index contributed by atoms with van der Waals surface area (Å²) in [6.45, 7) is 1.01. The Morgan fingerprint density at radius 1 is 1.25 bits per heavy atom. The predicted octanol–water partition coefficient (Wildman–Crippen LogP) is 4.34. The van der Waals surface area contributed by atoms with Gasteiger partial charge in [-0.15, -0.1) is 11.3 Å². The first-order valence-electron chi connectivity index (χ1n) is 9.34. The summed E-state index contributed by atoms with van der Waals surface area (Å²) >= 11 is 7.52. The number of halogens is 4. The molecule has 2 aromatic heterocycles. The van der Waals surface area contributed by atoms with E-state index < -0.39 is 22.4 Å². The maximum absolute atomic E-state index is 12.9. The predicted molar refractivity (Wildman–Crippen MR) is 114 cm³/mol. The number of carbonyl (C=O) groups excluding carboxylic acids is 1. The van der Waals surface area contributed by atoms with Crippen molar-refractivity contribution in [2.45, 2.75) is 6.18 Å². The highest BCUT2D eigenvalue weighted by atomic mass is 35.5. The number of piperazine rings is 1. The molecular formula is C19H15ClF3N5O3S. The van der Waals surface area contributed by atoms with Crippen LogP contribution >= 0.6 is 22.9 Å². The highest BCUT2D eigenvalue weighted by Crippen LogP contribution is 2.36. The Kier molecular flexibility index (Phi) is 5.82. The molecule has 0 spiro atoms. The molecule has 32 heavy (non-hydrogen) atoms. The van der Waals surface area contributed by atoms with Gasteiger partial charge in [0.1, 0.15) is 5.69 Å². The van der Waals surface area contributed by atoms with Crippen LogP contribution in [0.3, 0.4) is 0 Å². The summed E-state index contributed by atoms with van der Waals surface area (Å²) < 4.78 is 40.5. The van der Waals surface area contributed by atoms with Crippen LogP contribution in [-0.4, -0.2) is 51.3 Å². The fourth-order valence-corrected chi connectivity index (χ4v) is 4.47. The number of alkyl halides is 3. The van der Waals surface area contributed by atoms with Gasteiger partial charge >= 0.3 is 6.18 Å². The van der Waals surface area contributed by atoms with E-state index in [9.17, 15) is 28.1 Å². The molecule has 0 saturated carbocycles. The number of hydrogen-bond donors (Lipinski definition) is 0. The lowest BCUT2D eigenvalue weighted by Gasteiger charge is -2.35. The molecule has 1 saturated heterocycles. The molecule has 8 nitrogen and oxygen atoms in total. The average molecular weight is 486 g/mol. The molecular weight excluding hydrogens is 471 g/mol. The molecule has 1 fully saturated rings. The lowest BCUT2D eigenvalue weighted by atomic mass is 10.1. The standard InChI is InChI=1S/C19H15ClF3N5O3S/c20-17-14(27-9-10-32-18(27)24-17)3-4-16(29)26-7-5-25(6-8-26)13-2-1-12(19(21,22)23)11-15(13)28(30)31/h1-4,9-11H,5-8H2/b4-3+. The molecule has 3 heterocycles. The maximum atomic E-state index is 12.9. The first kappa shape index (κ1) is 22.1. The quantitative estimate of drug-likeness (QED) is 0.312. The largest absolute Gasteiger partial charge is 0.416 e. The highest BCUT2D eigenvalue weighted by molar-refractivity contribution is 7.15. The van der Waals surface area contributed by atoms with Crippen molar-refractivity contribution in [3.63, 3.8) is 0 Å². The lowest BCUT2D eigenvalue weighted by Crippen LogP contribution is -2.48. The molecule has 168 valence electrons. The van der Waals surface area contributed by atoms with E-state index in [1.165, 1.54) is 17.4 Å². The van der Waals surface area contributed by atoms with Crippen LogP contribution in [0.25, 0.3) is 11.0 Å². The normalized spacial score (nSPS) is 15.1. The smallest absolute Gasteiger partial charge is 0.362 e. The number of thiazole rings is 1. The van der Waals surface area contributed by atoms with Gasteiger partial charge in [0.2, 0.25) is 5.91 Å². The van der Waals surface area contributed by atoms with Gasteiger partial charge in [0, 0.05) is 49.9 Å². The number of amides is 1. The van der Waals surface area contributed by atoms with Gasteiger partial charge in [-0.2, -0.15) is 13.2 Å². The summed E-state index contributed by atoms with van der Waals surface area (Å²) in [6, 6.07) is 2.46. The summed E-state index contributed by atoms with van der Waals surface area (Å²) in [5.74, 6) is -0.271. The van der Waals surface area contributed by atoms with Gasteiger partial charge in [-0.05, 0) is 18.2 Å². The van der Waals surface area contributed by atoms with Crippen LogP contribution in [0.15, 0.2) is 35.9 Å². The Balaban J connectivity index is 1.45. The second-order valence-corrected chi connectivity index (χ2v) is 8.18. The van der Waals surface area contributed by atoms with Crippen molar-refractivity contribution in [3.05, 3.63) is 62.4 Å². The zero-order valence-corrected chi connectivity index (χ0v) is 17.8. The monoisotopic (exact) mass is 485 g/mol. The molecule has 1 aliphatic heterocycles.